The number of nitrogens with zero attached hydrogens (tertiary/aromatic N) is 1. The van der Waals surface area contributed by atoms with E-state index in [0.717, 1.165) is 11.3 Å². The zero-order chi connectivity index (χ0) is 23.3. The molecule has 0 saturated carbocycles. The third kappa shape index (κ3) is 3.86. The fraction of sp³-hybridized carbons (Fsp3) is 0.0606. The Labute approximate surface area is 201 Å². The number of hydrogen-bond donors (Lipinski definition) is 0. The molecular formula is C33H27N. The molecular weight excluding hydrogens is 410 g/mol. The molecule has 0 aliphatic heterocycles. The van der Waals surface area contributed by atoms with Crippen LogP contribution in [0.5, 0.6) is 0 Å². The summed E-state index contributed by atoms with van der Waals surface area (Å²) >= 11 is 0. The zero-order valence-electron chi connectivity index (χ0n) is 19.6. The maximum Gasteiger partial charge on any atom is 0.0702 e. The Hall–Kier alpha value is -4.23. The minimum Gasteiger partial charge on any atom is -0.256 e. The van der Waals surface area contributed by atoms with Gasteiger partial charge in [-0.25, -0.2) is 0 Å². The van der Waals surface area contributed by atoms with Crippen LogP contribution < -0.4 is 0 Å². The van der Waals surface area contributed by atoms with Crippen molar-refractivity contribution < 1.29 is 0 Å². The minimum atomic E-state index is 0.989. The normalized spacial score (nSPS) is 10.6. The first-order chi connectivity index (χ1) is 16.9. The van der Waals surface area contributed by atoms with Gasteiger partial charge in [0.2, 0.25) is 0 Å². The van der Waals surface area contributed by atoms with Gasteiger partial charge in [-0.1, -0.05) is 117 Å². The van der Waals surface area contributed by atoms with E-state index in [2.05, 4.69) is 114 Å². The lowest BCUT2D eigenvalue weighted by atomic mass is 9.85. The van der Waals surface area contributed by atoms with Crippen molar-refractivity contribution in [2.75, 3.05) is 0 Å². The zero-order valence-corrected chi connectivity index (χ0v) is 19.6. The summed E-state index contributed by atoms with van der Waals surface area (Å²) in [5.74, 6) is 0. The number of hydrogen-bond acceptors (Lipinski definition) is 1. The van der Waals surface area contributed by atoms with Crippen molar-refractivity contribution in [3.63, 3.8) is 0 Å². The van der Waals surface area contributed by atoms with Crippen molar-refractivity contribution in [3.05, 3.63) is 128 Å². The van der Waals surface area contributed by atoms with Gasteiger partial charge in [0.05, 0.1) is 5.69 Å². The maximum atomic E-state index is 4.60. The molecule has 1 aromatic heterocycles. The first-order valence-electron chi connectivity index (χ1n) is 11.9. The molecule has 164 valence electrons. The second kappa shape index (κ2) is 9.72. The molecule has 0 N–H and O–H groups in total. The van der Waals surface area contributed by atoms with E-state index in [1.807, 2.05) is 32.2 Å². The molecule has 34 heavy (non-hydrogen) atoms. The van der Waals surface area contributed by atoms with Gasteiger partial charge in [-0.3, -0.25) is 4.98 Å². The lowest BCUT2D eigenvalue weighted by Gasteiger charge is -2.18. The van der Waals surface area contributed by atoms with Gasteiger partial charge in [0.1, 0.15) is 0 Å². The highest BCUT2D eigenvalue weighted by Gasteiger charge is 2.17. The Bertz CT molecular complexity index is 1540. The van der Waals surface area contributed by atoms with Gasteiger partial charge >= 0.3 is 0 Å². The number of rotatable bonds is 3. The molecule has 1 nitrogen and oxygen atoms in total. The SMILES string of the molecule is CC.c1ccc(-c2c3ccccc3c(-c3ccccc3)c3cc(-c4ccccn4)ccc23)cc1. The van der Waals surface area contributed by atoms with Gasteiger partial charge in [-0.2, -0.15) is 0 Å². The molecule has 6 rings (SSSR count). The molecule has 0 aliphatic rings. The molecule has 1 heterocycles. The predicted molar refractivity (Wildman–Crippen MR) is 147 cm³/mol. The molecule has 0 bridgehead atoms. The number of pyridine rings is 1. The highest BCUT2D eigenvalue weighted by atomic mass is 14.7. The van der Waals surface area contributed by atoms with Crippen LogP contribution in [-0.4, -0.2) is 4.98 Å². The molecule has 0 saturated heterocycles. The third-order valence-corrected chi connectivity index (χ3v) is 6.11. The van der Waals surface area contributed by atoms with Crippen molar-refractivity contribution in [1.82, 2.24) is 4.98 Å². The van der Waals surface area contributed by atoms with E-state index in [1.54, 1.807) is 0 Å². The van der Waals surface area contributed by atoms with E-state index in [0.29, 0.717) is 0 Å². The largest absolute Gasteiger partial charge is 0.256 e. The second-order valence-corrected chi connectivity index (χ2v) is 8.00. The smallest absolute Gasteiger partial charge is 0.0702 e. The number of fused-ring (bicyclic) bond motifs is 2. The Morgan fingerprint density at radius 3 is 1.47 bits per heavy atom. The Morgan fingerprint density at radius 2 is 0.912 bits per heavy atom. The van der Waals surface area contributed by atoms with E-state index < -0.39 is 0 Å². The van der Waals surface area contributed by atoms with Crippen molar-refractivity contribution in [1.29, 1.82) is 0 Å². The van der Waals surface area contributed by atoms with Gasteiger partial charge in [0.15, 0.2) is 0 Å². The Kier molecular flexibility index (Phi) is 6.18. The first-order valence-corrected chi connectivity index (χ1v) is 11.9. The fourth-order valence-corrected chi connectivity index (χ4v) is 4.70. The van der Waals surface area contributed by atoms with Crippen molar-refractivity contribution in [3.8, 4) is 33.5 Å². The van der Waals surface area contributed by atoms with E-state index in [1.165, 1.54) is 43.8 Å². The summed E-state index contributed by atoms with van der Waals surface area (Å²) in [7, 11) is 0. The van der Waals surface area contributed by atoms with Crippen LogP contribution in [0.3, 0.4) is 0 Å². The Morgan fingerprint density at radius 1 is 0.412 bits per heavy atom. The van der Waals surface area contributed by atoms with Crippen LogP contribution in [0.2, 0.25) is 0 Å². The fourth-order valence-electron chi connectivity index (χ4n) is 4.70. The van der Waals surface area contributed by atoms with Crippen LogP contribution in [0, 0.1) is 0 Å². The summed E-state index contributed by atoms with van der Waals surface area (Å²) in [6.07, 6.45) is 1.85. The van der Waals surface area contributed by atoms with Crippen LogP contribution in [0.25, 0.3) is 55.1 Å². The van der Waals surface area contributed by atoms with Crippen LogP contribution in [0.1, 0.15) is 13.8 Å². The summed E-state index contributed by atoms with van der Waals surface area (Å²) in [6, 6.07) is 43.0. The molecule has 0 fully saturated rings. The molecule has 0 atom stereocenters. The molecule has 5 aromatic carbocycles. The summed E-state index contributed by atoms with van der Waals surface area (Å²) in [5, 5.41) is 5.05. The van der Waals surface area contributed by atoms with Gasteiger partial charge < -0.3 is 0 Å². The highest BCUT2D eigenvalue weighted by Crippen LogP contribution is 2.44. The van der Waals surface area contributed by atoms with E-state index in [-0.39, 0.29) is 0 Å². The van der Waals surface area contributed by atoms with Gasteiger partial charge in [0, 0.05) is 11.8 Å². The van der Waals surface area contributed by atoms with Crippen molar-refractivity contribution >= 4 is 21.5 Å². The molecule has 0 radical (unpaired) electrons. The summed E-state index contributed by atoms with van der Waals surface area (Å²) < 4.78 is 0. The molecule has 0 unspecified atom stereocenters. The van der Waals surface area contributed by atoms with E-state index in [4.69, 9.17) is 0 Å². The highest BCUT2D eigenvalue weighted by molar-refractivity contribution is 6.21. The Balaban J connectivity index is 0.00000117. The topological polar surface area (TPSA) is 12.9 Å². The molecule has 1 heteroatoms. The maximum absolute atomic E-state index is 4.60. The molecule has 0 amide bonds. The quantitative estimate of drug-likeness (QED) is 0.251. The predicted octanol–water partition coefficient (Wildman–Crippen LogP) is 9.42. The molecule has 6 aromatic rings. The molecule has 0 spiro atoms. The van der Waals surface area contributed by atoms with E-state index in [9.17, 15) is 0 Å². The van der Waals surface area contributed by atoms with Gasteiger partial charge in [-0.05, 0) is 62.0 Å². The monoisotopic (exact) mass is 437 g/mol. The number of benzene rings is 5. The van der Waals surface area contributed by atoms with Crippen LogP contribution in [-0.2, 0) is 0 Å². The average molecular weight is 438 g/mol. The molecule has 0 aliphatic carbocycles. The van der Waals surface area contributed by atoms with Crippen LogP contribution >= 0.6 is 0 Å². The minimum absolute atomic E-state index is 0.989. The summed E-state index contributed by atoms with van der Waals surface area (Å²) in [5.41, 5.74) is 7.13. The average Bonchev–Trinajstić information content (AvgIpc) is 2.94. The lowest BCUT2D eigenvalue weighted by Crippen LogP contribution is -1.92. The summed E-state index contributed by atoms with van der Waals surface area (Å²) in [6.45, 7) is 4.00. The van der Waals surface area contributed by atoms with Crippen molar-refractivity contribution in [2.45, 2.75) is 13.8 Å². The lowest BCUT2D eigenvalue weighted by molar-refractivity contribution is 1.33. The van der Waals surface area contributed by atoms with Gasteiger partial charge in [0.25, 0.3) is 0 Å². The van der Waals surface area contributed by atoms with Crippen LogP contribution in [0.4, 0.5) is 0 Å². The number of aromatic nitrogens is 1. The van der Waals surface area contributed by atoms with Crippen molar-refractivity contribution in [2.24, 2.45) is 0 Å². The van der Waals surface area contributed by atoms with Crippen LogP contribution in [0.15, 0.2) is 128 Å². The second-order valence-electron chi connectivity index (χ2n) is 8.00. The third-order valence-electron chi connectivity index (χ3n) is 6.11. The van der Waals surface area contributed by atoms with E-state index >= 15 is 0 Å². The van der Waals surface area contributed by atoms with Gasteiger partial charge in [-0.15, -0.1) is 0 Å². The summed E-state index contributed by atoms with van der Waals surface area (Å²) in [4.78, 5) is 4.60. The standard InChI is InChI=1S/C31H21N.C2H6/c1-3-11-22(12-4-1)30-25-15-7-8-16-26(25)31(23-13-5-2-6-14-23)28-21-24(18-19-27(28)30)29-17-9-10-20-32-29;1-2/h1-21H;1-2H3. The first kappa shape index (κ1) is 21.6.